The highest BCUT2D eigenvalue weighted by Gasteiger charge is 2.31. The number of imide groups is 1. The fourth-order valence-corrected chi connectivity index (χ4v) is 2.04. The van der Waals surface area contributed by atoms with E-state index in [9.17, 15) is 27.6 Å². The number of likely N-dealkylation sites (tertiary alicyclic amines) is 1. The molecule has 1 heterocycles. The predicted octanol–water partition coefficient (Wildman–Crippen LogP) is 0.314. The molecule has 1 atom stereocenters. The van der Waals surface area contributed by atoms with E-state index in [0.29, 0.717) is 13.0 Å². The van der Waals surface area contributed by atoms with Gasteiger partial charge in [0.2, 0.25) is 5.91 Å². The Kier molecular flexibility index (Phi) is 5.94. The second-order valence-corrected chi connectivity index (χ2v) is 4.67. The van der Waals surface area contributed by atoms with Crippen LogP contribution in [-0.4, -0.2) is 59.8 Å². The molecule has 1 aliphatic rings. The number of urea groups is 1. The molecule has 3 N–H and O–H groups in total. The Bertz CT molecular complexity index is 414. The number of hydrogen-bond acceptors (Lipinski definition) is 4. The first-order chi connectivity index (χ1) is 9.69. The van der Waals surface area contributed by atoms with Gasteiger partial charge in [0.05, 0.1) is 6.54 Å². The molecular weight excluding hydrogens is 295 g/mol. The number of carboxylic acids is 1. The first-order valence-electron chi connectivity index (χ1n) is 6.30. The van der Waals surface area contributed by atoms with Crippen molar-refractivity contribution in [2.75, 3.05) is 19.6 Å². The summed E-state index contributed by atoms with van der Waals surface area (Å²) in [6, 6.07) is -2.08. The second kappa shape index (κ2) is 7.25. The highest BCUT2D eigenvalue weighted by molar-refractivity contribution is 5.95. The van der Waals surface area contributed by atoms with E-state index in [2.05, 4.69) is 0 Å². The van der Waals surface area contributed by atoms with Gasteiger partial charge in [-0.05, 0) is 19.4 Å². The summed E-state index contributed by atoms with van der Waals surface area (Å²) in [6.45, 7) is -1.52. The van der Waals surface area contributed by atoms with Crippen LogP contribution in [0.15, 0.2) is 0 Å². The lowest BCUT2D eigenvalue weighted by Gasteiger charge is -2.31. The number of carbonyl (C=O) groups excluding carboxylic acids is 2. The summed E-state index contributed by atoms with van der Waals surface area (Å²) in [4.78, 5) is 35.0. The number of carboxylic acid groups (broad SMARTS) is 1. The Morgan fingerprint density at radius 3 is 2.48 bits per heavy atom. The third kappa shape index (κ3) is 6.43. The molecule has 21 heavy (non-hydrogen) atoms. The van der Waals surface area contributed by atoms with E-state index in [1.54, 1.807) is 5.32 Å². The van der Waals surface area contributed by atoms with Gasteiger partial charge in [0.25, 0.3) is 0 Å². The molecule has 0 saturated carbocycles. The topological polar surface area (TPSA) is 98.7 Å². The third-order valence-electron chi connectivity index (χ3n) is 2.95. The minimum absolute atomic E-state index is 0.351. The largest absolute Gasteiger partial charge is 0.480 e. The molecule has 120 valence electrons. The van der Waals surface area contributed by atoms with Gasteiger partial charge in [-0.1, -0.05) is 6.42 Å². The molecule has 0 radical (unpaired) electrons. The minimum atomic E-state index is -4.57. The van der Waals surface area contributed by atoms with Gasteiger partial charge in [-0.2, -0.15) is 13.2 Å². The quantitative estimate of drug-likeness (QED) is 0.694. The summed E-state index contributed by atoms with van der Waals surface area (Å²) in [7, 11) is 0. The maximum Gasteiger partial charge on any atom is 0.405 e. The molecular formula is C11H16F3N3O4. The fraction of sp³-hybridized carbons (Fsp3) is 0.727. The van der Waals surface area contributed by atoms with Crippen molar-refractivity contribution in [2.45, 2.75) is 31.5 Å². The maximum atomic E-state index is 11.9. The first-order valence-corrected chi connectivity index (χ1v) is 6.30. The van der Waals surface area contributed by atoms with Gasteiger partial charge in [-0.15, -0.1) is 0 Å². The average Bonchev–Trinajstić information content (AvgIpc) is 2.35. The zero-order chi connectivity index (χ0) is 16.0. The van der Waals surface area contributed by atoms with Gasteiger partial charge in [0, 0.05) is 0 Å². The van der Waals surface area contributed by atoms with E-state index in [4.69, 9.17) is 5.11 Å². The van der Waals surface area contributed by atoms with E-state index in [0.717, 1.165) is 12.8 Å². The summed E-state index contributed by atoms with van der Waals surface area (Å²) < 4.78 is 35.6. The van der Waals surface area contributed by atoms with Crippen molar-refractivity contribution < 1.29 is 32.7 Å². The van der Waals surface area contributed by atoms with Gasteiger partial charge >= 0.3 is 18.2 Å². The summed E-state index contributed by atoms with van der Waals surface area (Å²) in [5, 5.41) is 12.2. The Hall–Kier alpha value is -1.84. The smallest absolute Gasteiger partial charge is 0.405 e. The summed E-state index contributed by atoms with van der Waals surface area (Å²) in [6.07, 6.45) is -2.73. The van der Waals surface area contributed by atoms with Crippen LogP contribution >= 0.6 is 0 Å². The summed E-state index contributed by atoms with van der Waals surface area (Å²) in [5.74, 6) is -1.91. The van der Waals surface area contributed by atoms with Crippen LogP contribution in [-0.2, 0) is 9.59 Å². The lowest BCUT2D eigenvalue weighted by Crippen LogP contribution is -2.51. The molecule has 0 aliphatic carbocycles. The zero-order valence-electron chi connectivity index (χ0n) is 11.1. The van der Waals surface area contributed by atoms with E-state index < -0.39 is 36.7 Å². The van der Waals surface area contributed by atoms with Crippen molar-refractivity contribution in [3.05, 3.63) is 0 Å². The number of carbonyl (C=O) groups is 3. The van der Waals surface area contributed by atoms with Crippen LogP contribution in [0, 0.1) is 0 Å². The van der Waals surface area contributed by atoms with E-state index in [-0.39, 0.29) is 6.54 Å². The number of nitrogens with one attached hydrogen (secondary N) is 2. The van der Waals surface area contributed by atoms with Crippen LogP contribution in [0.1, 0.15) is 19.3 Å². The van der Waals surface area contributed by atoms with Gasteiger partial charge in [0.15, 0.2) is 0 Å². The van der Waals surface area contributed by atoms with Gasteiger partial charge < -0.3 is 10.4 Å². The molecule has 0 spiro atoms. The Balaban J connectivity index is 2.41. The molecule has 1 aliphatic heterocycles. The Morgan fingerprint density at radius 1 is 1.24 bits per heavy atom. The molecule has 1 fully saturated rings. The van der Waals surface area contributed by atoms with Crippen molar-refractivity contribution in [1.82, 2.24) is 15.5 Å². The lowest BCUT2D eigenvalue weighted by molar-refractivity contribution is -0.145. The van der Waals surface area contributed by atoms with Gasteiger partial charge in [-0.3, -0.25) is 19.8 Å². The first kappa shape index (κ1) is 17.2. The molecule has 0 aromatic heterocycles. The van der Waals surface area contributed by atoms with Crippen molar-refractivity contribution in [3.63, 3.8) is 0 Å². The van der Waals surface area contributed by atoms with Crippen LogP contribution in [0.25, 0.3) is 0 Å². The van der Waals surface area contributed by atoms with E-state index in [1.807, 2.05) is 0 Å². The Morgan fingerprint density at radius 2 is 1.90 bits per heavy atom. The average molecular weight is 311 g/mol. The predicted molar refractivity (Wildman–Crippen MR) is 64.4 cm³/mol. The van der Waals surface area contributed by atoms with Crippen LogP contribution in [0.4, 0.5) is 18.0 Å². The van der Waals surface area contributed by atoms with E-state index >= 15 is 0 Å². The normalized spacial score (nSPS) is 19.9. The minimum Gasteiger partial charge on any atom is -0.480 e. The monoisotopic (exact) mass is 311 g/mol. The van der Waals surface area contributed by atoms with Gasteiger partial charge in [0.1, 0.15) is 12.6 Å². The SMILES string of the molecule is O=C(CN1CCCCC1C(=O)O)NC(=O)NCC(F)(F)F. The van der Waals surface area contributed by atoms with Crippen LogP contribution in [0.3, 0.4) is 0 Å². The summed E-state index contributed by atoms with van der Waals surface area (Å²) >= 11 is 0. The molecule has 10 heteroatoms. The Labute approximate surface area is 118 Å². The number of hydrogen-bond donors (Lipinski definition) is 3. The zero-order valence-corrected chi connectivity index (χ0v) is 11.1. The fourth-order valence-electron chi connectivity index (χ4n) is 2.04. The van der Waals surface area contributed by atoms with Crippen molar-refractivity contribution in [1.29, 1.82) is 0 Å². The van der Waals surface area contributed by atoms with Crippen molar-refractivity contribution in [3.8, 4) is 0 Å². The molecule has 0 aromatic carbocycles. The third-order valence-corrected chi connectivity index (χ3v) is 2.95. The van der Waals surface area contributed by atoms with Crippen molar-refractivity contribution in [2.24, 2.45) is 0 Å². The number of rotatable bonds is 4. The molecule has 0 bridgehead atoms. The number of nitrogens with zero attached hydrogens (tertiary/aromatic N) is 1. The molecule has 1 rings (SSSR count). The number of aliphatic carboxylic acids is 1. The van der Waals surface area contributed by atoms with Crippen molar-refractivity contribution >= 4 is 17.9 Å². The van der Waals surface area contributed by atoms with Crippen LogP contribution < -0.4 is 10.6 Å². The summed E-state index contributed by atoms with van der Waals surface area (Å²) in [5.41, 5.74) is 0. The number of amides is 3. The number of halogens is 3. The second-order valence-electron chi connectivity index (χ2n) is 4.67. The number of piperidine rings is 1. The molecule has 0 aromatic rings. The van der Waals surface area contributed by atoms with E-state index in [1.165, 1.54) is 10.2 Å². The number of alkyl halides is 3. The highest BCUT2D eigenvalue weighted by Crippen LogP contribution is 2.16. The molecule has 1 saturated heterocycles. The molecule has 7 nitrogen and oxygen atoms in total. The van der Waals surface area contributed by atoms with Gasteiger partial charge in [-0.25, -0.2) is 4.79 Å². The standard InChI is InChI=1S/C11H16F3N3O4/c12-11(13,14)6-15-10(21)16-8(18)5-17-4-2-1-3-7(17)9(19)20/h7H,1-6H2,(H,19,20)(H2,15,16,18,21). The maximum absolute atomic E-state index is 11.9. The van der Waals surface area contributed by atoms with Crippen LogP contribution in [0.5, 0.6) is 0 Å². The molecule has 1 unspecified atom stereocenters. The lowest BCUT2D eigenvalue weighted by atomic mass is 10.0. The van der Waals surface area contributed by atoms with Crippen LogP contribution in [0.2, 0.25) is 0 Å². The molecule has 3 amide bonds. The highest BCUT2D eigenvalue weighted by atomic mass is 19.4.